The Hall–Kier alpha value is -1.24. The molecule has 0 spiro atoms. The van der Waals surface area contributed by atoms with E-state index in [0.717, 1.165) is 0 Å². The fourth-order valence-electron chi connectivity index (χ4n) is 1.17. The monoisotopic (exact) mass is 240 g/mol. The summed E-state index contributed by atoms with van der Waals surface area (Å²) < 4.78 is 15.3. The van der Waals surface area contributed by atoms with Crippen molar-refractivity contribution >= 4 is 15.3 Å². The summed E-state index contributed by atoms with van der Waals surface area (Å²) in [5.74, 6) is -0.468. The molecule has 1 rings (SSSR count). The van der Waals surface area contributed by atoms with E-state index in [4.69, 9.17) is 13.6 Å². The van der Waals surface area contributed by atoms with Crippen LogP contribution in [0.1, 0.15) is 17.4 Å². The lowest BCUT2D eigenvalue weighted by Crippen LogP contribution is -2.36. The summed E-state index contributed by atoms with van der Waals surface area (Å²) in [4.78, 5) is 15.5. The van der Waals surface area contributed by atoms with Gasteiger partial charge < -0.3 is 13.6 Å². The molecule has 0 saturated carbocycles. The van der Waals surface area contributed by atoms with E-state index in [1.165, 1.54) is 14.2 Å². The molecule has 6 heteroatoms. The van der Waals surface area contributed by atoms with Gasteiger partial charge >= 0.3 is 15.3 Å². The van der Waals surface area contributed by atoms with Gasteiger partial charge in [-0.1, -0.05) is 6.07 Å². The predicted octanol–water partition coefficient (Wildman–Crippen LogP) is 0.947. The molecule has 0 aliphatic rings. The van der Waals surface area contributed by atoms with E-state index in [1.807, 2.05) is 0 Å². The fourth-order valence-corrected chi connectivity index (χ4v) is 2.20. The Labute approximate surface area is 96.2 Å². The van der Waals surface area contributed by atoms with Crippen LogP contribution in [0.15, 0.2) is 24.4 Å². The molecule has 0 saturated heterocycles. The van der Waals surface area contributed by atoms with Crippen molar-refractivity contribution in [3.05, 3.63) is 30.1 Å². The second-order valence-electron chi connectivity index (χ2n) is 2.99. The molecule has 1 radical (unpaired) electrons. The van der Waals surface area contributed by atoms with Gasteiger partial charge in [0.2, 0.25) is 0 Å². The first kappa shape index (κ1) is 12.8. The van der Waals surface area contributed by atoms with Gasteiger partial charge in [-0.05, 0) is 19.1 Å². The second kappa shape index (κ2) is 6.36. The summed E-state index contributed by atoms with van der Waals surface area (Å²) in [5, 5.41) is 0. The maximum Gasteiger partial charge on any atom is 0.429 e. The highest BCUT2D eigenvalue weighted by Crippen LogP contribution is 2.04. The van der Waals surface area contributed by atoms with Gasteiger partial charge in [-0.2, -0.15) is 0 Å². The van der Waals surface area contributed by atoms with Crippen molar-refractivity contribution in [3.8, 4) is 0 Å². The van der Waals surface area contributed by atoms with Crippen LogP contribution in [0.25, 0.3) is 0 Å². The standard InChI is InChI=1S/C10H14NO4Si/c1-8(16(13-2)14-3)15-10(12)9-6-4-5-7-11-9/h4-8H,1-3H3. The number of ether oxygens (including phenoxy) is 1. The van der Waals surface area contributed by atoms with Crippen LogP contribution >= 0.6 is 0 Å². The molecule has 0 amide bonds. The number of carbonyl (C=O) groups is 1. The molecule has 1 atom stereocenters. The molecule has 5 nitrogen and oxygen atoms in total. The van der Waals surface area contributed by atoms with Crippen molar-refractivity contribution < 1.29 is 18.4 Å². The van der Waals surface area contributed by atoms with E-state index in [0.29, 0.717) is 0 Å². The van der Waals surface area contributed by atoms with Crippen LogP contribution in [0.5, 0.6) is 0 Å². The highest BCUT2D eigenvalue weighted by molar-refractivity contribution is 6.46. The van der Waals surface area contributed by atoms with E-state index in [1.54, 1.807) is 31.3 Å². The average Bonchev–Trinajstić information content (AvgIpc) is 2.31. The first-order chi connectivity index (χ1) is 7.69. The number of hydrogen-bond donors (Lipinski definition) is 0. The molecule has 0 aromatic carbocycles. The van der Waals surface area contributed by atoms with Crippen molar-refractivity contribution in [2.75, 3.05) is 14.2 Å². The van der Waals surface area contributed by atoms with Crippen molar-refractivity contribution in [1.82, 2.24) is 4.98 Å². The van der Waals surface area contributed by atoms with Crippen LogP contribution in [-0.2, 0) is 13.6 Å². The number of rotatable bonds is 5. The maximum atomic E-state index is 11.6. The molecule has 0 N–H and O–H groups in total. The molecule has 87 valence electrons. The summed E-state index contributed by atoms with van der Waals surface area (Å²) in [5.41, 5.74) is -0.114. The quantitative estimate of drug-likeness (QED) is 0.566. The van der Waals surface area contributed by atoms with Crippen LogP contribution in [0, 0.1) is 0 Å². The predicted molar refractivity (Wildman–Crippen MR) is 58.9 cm³/mol. The highest BCUT2D eigenvalue weighted by Gasteiger charge is 2.26. The summed E-state index contributed by atoms with van der Waals surface area (Å²) in [6.45, 7) is 1.74. The van der Waals surface area contributed by atoms with Crippen LogP contribution < -0.4 is 0 Å². The van der Waals surface area contributed by atoms with Crippen molar-refractivity contribution in [2.45, 2.75) is 12.7 Å². The lowest BCUT2D eigenvalue weighted by atomic mass is 10.4. The average molecular weight is 240 g/mol. The third kappa shape index (κ3) is 3.40. The van der Waals surface area contributed by atoms with E-state index in [2.05, 4.69) is 4.98 Å². The van der Waals surface area contributed by atoms with Crippen LogP contribution in [-0.4, -0.2) is 40.2 Å². The summed E-state index contributed by atoms with van der Waals surface area (Å²) >= 11 is 0. The van der Waals surface area contributed by atoms with Crippen LogP contribution in [0.4, 0.5) is 0 Å². The summed E-state index contributed by atoms with van der Waals surface area (Å²) in [6.07, 6.45) is 1.54. The largest absolute Gasteiger partial charge is 0.456 e. The van der Waals surface area contributed by atoms with Gasteiger partial charge in [0.25, 0.3) is 0 Å². The molecule has 1 aromatic heterocycles. The first-order valence-electron chi connectivity index (χ1n) is 4.76. The zero-order valence-electron chi connectivity index (χ0n) is 9.47. The Morgan fingerprint density at radius 1 is 1.38 bits per heavy atom. The minimum Gasteiger partial charge on any atom is -0.456 e. The minimum absolute atomic E-state index is 0.280. The summed E-state index contributed by atoms with van der Waals surface area (Å²) in [6, 6.07) is 5.06. The third-order valence-electron chi connectivity index (χ3n) is 1.89. The Bertz CT molecular complexity index is 329. The Balaban J connectivity index is 2.58. The van der Waals surface area contributed by atoms with E-state index in [-0.39, 0.29) is 5.69 Å². The van der Waals surface area contributed by atoms with Gasteiger partial charge in [0.15, 0.2) is 0 Å². The fraction of sp³-hybridized carbons (Fsp3) is 0.400. The van der Waals surface area contributed by atoms with Crippen LogP contribution in [0.3, 0.4) is 0 Å². The van der Waals surface area contributed by atoms with Crippen molar-refractivity contribution in [2.24, 2.45) is 0 Å². The molecular formula is C10H14NO4Si. The van der Waals surface area contributed by atoms with Gasteiger partial charge in [-0.15, -0.1) is 0 Å². The number of carbonyl (C=O) groups excluding carboxylic acids is 1. The molecule has 1 heterocycles. The first-order valence-corrected chi connectivity index (χ1v) is 6.15. The molecule has 1 aromatic rings. The molecule has 0 aliphatic carbocycles. The van der Waals surface area contributed by atoms with Crippen LogP contribution in [0.2, 0.25) is 0 Å². The SMILES string of the molecule is CO[Si](OC)C(C)OC(=O)c1ccccn1. The third-order valence-corrected chi connectivity index (χ3v) is 3.48. The van der Waals surface area contributed by atoms with Gasteiger partial charge in [0.05, 0.1) is 0 Å². The normalized spacial score (nSPS) is 12.5. The number of nitrogens with zero attached hydrogens (tertiary/aromatic N) is 1. The van der Waals surface area contributed by atoms with Gasteiger partial charge in [0, 0.05) is 20.4 Å². The zero-order valence-corrected chi connectivity index (χ0v) is 10.5. The number of hydrogen-bond acceptors (Lipinski definition) is 5. The van der Waals surface area contributed by atoms with Crippen molar-refractivity contribution in [1.29, 1.82) is 0 Å². The topological polar surface area (TPSA) is 57.7 Å². The second-order valence-corrected chi connectivity index (χ2v) is 5.26. The molecule has 0 bridgehead atoms. The molecule has 0 fully saturated rings. The molecule has 0 aliphatic heterocycles. The summed E-state index contributed by atoms with van der Waals surface area (Å²) in [7, 11) is 1.49. The Morgan fingerprint density at radius 2 is 2.06 bits per heavy atom. The van der Waals surface area contributed by atoms with E-state index in [9.17, 15) is 4.79 Å². The lowest BCUT2D eigenvalue weighted by molar-refractivity contribution is 0.0389. The molecule has 1 unspecified atom stereocenters. The zero-order chi connectivity index (χ0) is 12.0. The van der Waals surface area contributed by atoms with E-state index >= 15 is 0 Å². The lowest BCUT2D eigenvalue weighted by Gasteiger charge is -2.17. The minimum atomic E-state index is -1.57. The smallest absolute Gasteiger partial charge is 0.429 e. The Kier molecular flexibility index (Phi) is 5.10. The molecule has 16 heavy (non-hydrogen) atoms. The number of aromatic nitrogens is 1. The van der Waals surface area contributed by atoms with Gasteiger partial charge in [-0.3, -0.25) is 0 Å². The van der Waals surface area contributed by atoms with E-state index < -0.39 is 21.0 Å². The highest BCUT2D eigenvalue weighted by atomic mass is 28.3. The maximum absolute atomic E-state index is 11.6. The van der Waals surface area contributed by atoms with Gasteiger partial charge in [-0.25, -0.2) is 9.78 Å². The van der Waals surface area contributed by atoms with Gasteiger partial charge in [0.1, 0.15) is 11.4 Å². The number of esters is 1. The van der Waals surface area contributed by atoms with Crippen molar-refractivity contribution in [3.63, 3.8) is 0 Å². The Morgan fingerprint density at radius 3 is 2.56 bits per heavy atom. The number of pyridine rings is 1. The molecular weight excluding hydrogens is 226 g/mol.